The number of methoxy groups -OCH3 is 2. The van der Waals surface area contributed by atoms with Crippen molar-refractivity contribution in [3.8, 4) is 11.5 Å². The molecule has 1 aromatic heterocycles. The minimum atomic E-state index is 0.0880. The minimum Gasteiger partial charge on any atom is -0.497 e. The van der Waals surface area contributed by atoms with E-state index >= 15 is 0 Å². The van der Waals surface area contributed by atoms with Gasteiger partial charge >= 0.3 is 0 Å². The zero-order valence-corrected chi connectivity index (χ0v) is 12.2. The Kier molecular flexibility index (Phi) is 3.66. The molecule has 0 saturated heterocycles. The molecule has 0 aliphatic carbocycles. The number of nitrogens with zero attached hydrogens (tertiary/aromatic N) is 2. The Morgan fingerprint density at radius 1 is 1.33 bits per heavy atom. The average molecular weight is 285 g/mol. The summed E-state index contributed by atoms with van der Waals surface area (Å²) in [6.07, 6.45) is 3.63. The lowest BCUT2D eigenvalue weighted by molar-refractivity contribution is 0.389. The van der Waals surface area contributed by atoms with E-state index in [2.05, 4.69) is 16.0 Å². The molecule has 3 rings (SSSR count). The van der Waals surface area contributed by atoms with Crippen molar-refractivity contribution >= 4 is 5.69 Å². The van der Waals surface area contributed by atoms with Gasteiger partial charge < -0.3 is 20.1 Å². The quantitative estimate of drug-likeness (QED) is 0.932. The van der Waals surface area contributed by atoms with Gasteiger partial charge in [-0.1, -0.05) is 0 Å². The Morgan fingerprint density at radius 2 is 2.19 bits per heavy atom. The Morgan fingerprint density at radius 3 is 2.81 bits per heavy atom. The molecular formula is C16H19N3O2. The summed E-state index contributed by atoms with van der Waals surface area (Å²) in [5.74, 6) is 1.63. The van der Waals surface area contributed by atoms with Gasteiger partial charge in [-0.3, -0.25) is 4.98 Å². The number of ether oxygens (including phenoxy) is 2. The molecule has 2 heterocycles. The number of aromatic nitrogens is 1. The first kappa shape index (κ1) is 13.7. The lowest BCUT2D eigenvalue weighted by Gasteiger charge is -2.26. The second-order valence-corrected chi connectivity index (χ2v) is 4.99. The SMILES string of the molecule is COc1cc2c(c(OC)c1)C(CN)N(c1cccnc1)C2. The largest absolute Gasteiger partial charge is 0.497 e. The van der Waals surface area contributed by atoms with E-state index < -0.39 is 0 Å². The van der Waals surface area contributed by atoms with E-state index in [0.717, 1.165) is 29.3 Å². The molecule has 1 unspecified atom stereocenters. The molecule has 0 saturated carbocycles. The number of hydrogen-bond acceptors (Lipinski definition) is 5. The summed E-state index contributed by atoms with van der Waals surface area (Å²) in [5.41, 5.74) is 9.41. The van der Waals surface area contributed by atoms with E-state index in [4.69, 9.17) is 15.2 Å². The van der Waals surface area contributed by atoms with Gasteiger partial charge in [-0.2, -0.15) is 0 Å². The lowest BCUT2D eigenvalue weighted by Crippen LogP contribution is -2.27. The molecule has 2 aromatic rings. The predicted octanol–water partition coefficient (Wildman–Crippen LogP) is 2.12. The molecule has 1 aliphatic heterocycles. The van der Waals surface area contributed by atoms with Crippen LogP contribution in [0.1, 0.15) is 17.2 Å². The molecule has 0 amide bonds. The van der Waals surface area contributed by atoms with Crippen LogP contribution in [0.3, 0.4) is 0 Å². The minimum absolute atomic E-state index is 0.0880. The maximum absolute atomic E-state index is 6.02. The number of fused-ring (bicyclic) bond motifs is 1. The summed E-state index contributed by atoms with van der Waals surface area (Å²) < 4.78 is 10.9. The molecule has 5 nitrogen and oxygen atoms in total. The number of benzene rings is 1. The molecule has 0 bridgehead atoms. The van der Waals surface area contributed by atoms with Crippen LogP contribution in [-0.2, 0) is 6.54 Å². The van der Waals surface area contributed by atoms with Crippen molar-refractivity contribution in [1.82, 2.24) is 4.98 Å². The van der Waals surface area contributed by atoms with Gasteiger partial charge in [-0.15, -0.1) is 0 Å². The fourth-order valence-corrected chi connectivity index (χ4v) is 2.94. The zero-order valence-electron chi connectivity index (χ0n) is 12.2. The van der Waals surface area contributed by atoms with E-state index in [9.17, 15) is 0 Å². The van der Waals surface area contributed by atoms with E-state index in [1.807, 2.05) is 24.4 Å². The van der Waals surface area contributed by atoms with Crippen molar-refractivity contribution in [1.29, 1.82) is 0 Å². The molecule has 1 aliphatic rings. The zero-order chi connectivity index (χ0) is 14.8. The Bertz CT molecular complexity index is 631. The van der Waals surface area contributed by atoms with Gasteiger partial charge in [0.1, 0.15) is 11.5 Å². The van der Waals surface area contributed by atoms with Gasteiger partial charge in [0.15, 0.2) is 0 Å². The molecule has 0 spiro atoms. The van der Waals surface area contributed by atoms with Crippen molar-refractivity contribution in [3.05, 3.63) is 47.8 Å². The summed E-state index contributed by atoms with van der Waals surface area (Å²) in [5, 5.41) is 0. The molecule has 0 fully saturated rings. The van der Waals surface area contributed by atoms with Crippen molar-refractivity contribution in [3.63, 3.8) is 0 Å². The van der Waals surface area contributed by atoms with Gasteiger partial charge in [-0.25, -0.2) is 0 Å². The third-order valence-electron chi connectivity index (χ3n) is 3.91. The Hall–Kier alpha value is -2.27. The van der Waals surface area contributed by atoms with Crippen LogP contribution in [0, 0.1) is 0 Å². The third-order valence-corrected chi connectivity index (χ3v) is 3.91. The Balaban J connectivity index is 2.07. The second kappa shape index (κ2) is 5.61. The van der Waals surface area contributed by atoms with Crippen molar-refractivity contribution < 1.29 is 9.47 Å². The van der Waals surface area contributed by atoms with E-state index in [1.54, 1.807) is 20.4 Å². The third kappa shape index (κ3) is 2.29. The molecular weight excluding hydrogens is 266 g/mol. The van der Waals surface area contributed by atoms with Crippen LogP contribution in [0.25, 0.3) is 0 Å². The van der Waals surface area contributed by atoms with Gasteiger partial charge in [0.25, 0.3) is 0 Å². The van der Waals surface area contributed by atoms with Crippen LogP contribution >= 0.6 is 0 Å². The molecule has 21 heavy (non-hydrogen) atoms. The monoisotopic (exact) mass is 285 g/mol. The number of hydrogen-bond donors (Lipinski definition) is 1. The molecule has 0 radical (unpaired) electrons. The highest BCUT2D eigenvalue weighted by atomic mass is 16.5. The van der Waals surface area contributed by atoms with Crippen molar-refractivity contribution in [2.75, 3.05) is 25.7 Å². The van der Waals surface area contributed by atoms with Crippen LogP contribution in [0.2, 0.25) is 0 Å². The summed E-state index contributed by atoms with van der Waals surface area (Å²) in [4.78, 5) is 6.45. The highest BCUT2D eigenvalue weighted by Crippen LogP contribution is 2.43. The van der Waals surface area contributed by atoms with Crippen LogP contribution in [0.5, 0.6) is 11.5 Å². The normalized spacial score (nSPS) is 16.7. The predicted molar refractivity (Wildman–Crippen MR) is 81.8 cm³/mol. The standard InChI is InChI=1S/C16H19N3O2/c1-20-13-6-11-10-19(12-4-3-5-18-9-12)14(8-17)16(11)15(7-13)21-2/h3-7,9,14H,8,10,17H2,1-2H3. The van der Waals surface area contributed by atoms with Gasteiger partial charge in [0.05, 0.1) is 32.1 Å². The maximum atomic E-state index is 6.02. The highest BCUT2D eigenvalue weighted by molar-refractivity contribution is 5.59. The first-order chi connectivity index (χ1) is 10.3. The smallest absolute Gasteiger partial charge is 0.128 e. The van der Waals surface area contributed by atoms with E-state index in [-0.39, 0.29) is 6.04 Å². The molecule has 1 aromatic carbocycles. The molecule has 5 heteroatoms. The summed E-state index contributed by atoms with van der Waals surface area (Å²) in [7, 11) is 3.34. The Labute approximate surface area is 124 Å². The number of pyridine rings is 1. The van der Waals surface area contributed by atoms with Crippen LogP contribution in [0.4, 0.5) is 5.69 Å². The maximum Gasteiger partial charge on any atom is 0.128 e. The second-order valence-electron chi connectivity index (χ2n) is 4.99. The number of anilines is 1. The van der Waals surface area contributed by atoms with Crippen molar-refractivity contribution in [2.45, 2.75) is 12.6 Å². The number of nitrogens with two attached hydrogens (primary N) is 1. The fraction of sp³-hybridized carbons (Fsp3) is 0.312. The molecule has 2 N–H and O–H groups in total. The van der Waals surface area contributed by atoms with Gasteiger partial charge in [-0.05, 0) is 23.8 Å². The highest BCUT2D eigenvalue weighted by Gasteiger charge is 2.33. The van der Waals surface area contributed by atoms with Gasteiger partial charge in [0, 0.05) is 30.9 Å². The summed E-state index contributed by atoms with van der Waals surface area (Å²) in [6, 6.07) is 8.03. The number of rotatable bonds is 4. The van der Waals surface area contributed by atoms with Crippen LogP contribution in [0.15, 0.2) is 36.7 Å². The van der Waals surface area contributed by atoms with Crippen LogP contribution in [-0.4, -0.2) is 25.7 Å². The first-order valence-electron chi connectivity index (χ1n) is 6.90. The lowest BCUT2D eigenvalue weighted by atomic mass is 10.0. The first-order valence-corrected chi connectivity index (χ1v) is 6.90. The van der Waals surface area contributed by atoms with E-state index in [0.29, 0.717) is 6.54 Å². The van der Waals surface area contributed by atoms with Crippen molar-refractivity contribution in [2.24, 2.45) is 5.73 Å². The topological polar surface area (TPSA) is 60.6 Å². The van der Waals surface area contributed by atoms with E-state index in [1.165, 1.54) is 5.56 Å². The van der Waals surface area contributed by atoms with Gasteiger partial charge in [0.2, 0.25) is 0 Å². The summed E-state index contributed by atoms with van der Waals surface area (Å²) >= 11 is 0. The molecule has 1 atom stereocenters. The average Bonchev–Trinajstić information content (AvgIpc) is 2.93. The van der Waals surface area contributed by atoms with Crippen LogP contribution < -0.4 is 20.1 Å². The fourth-order valence-electron chi connectivity index (χ4n) is 2.94. The summed E-state index contributed by atoms with van der Waals surface area (Å²) in [6.45, 7) is 1.29. The molecule has 110 valence electrons.